The van der Waals surface area contributed by atoms with Crippen molar-refractivity contribution in [2.24, 2.45) is 0 Å². The largest absolute Gasteiger partial charge is 0.481 e. The minimum atomic E-state index is -0.895. The maximum Gasteiger partial charge on any atom is 0.313 e. The highest BCUT2D eigenvalue weighted by Gasteiger charge is 2.02. The van der Waals surface area contributed by atoms with Crippen LogP contribution in [0.25, 0.3) is 0 Å². The maximum absolute atomic E-state index is 11.1. The molecule has 0 radical (unpaired) electrons. The van der Waals surface area contributed by atoms with Crippen LogP contribution in [-0.4, -0.2) is 48.8 Å². The summed E-state index contributed by atoms with van der Waals surface area (Å²) in [6.45, 7) is 1.32. The number of methoxy groups -OCH3 is 1. The number of hydrogen-bond acceptors (Lipinski definition) is 4. The van der Waals surface area contributed by atoms with Crippen molar-refractivity contribution < 1.29 is 19.4 Å². The fourth-order valence-electron chi connectivity index (χ4n) is 0.881. The summed E-state index contributed by atoms with van der Waals surface area (Å²) in [5, 5.41) is 11.0. The average Bonchev–Trinajstić information content (AvgIpc) is 2.17. The van der Waals surface area contributed by atoms with Gasteiger partial charge in [-0.3, -0.25) is 9.59 Å². The molecular formula is C9H17NO4S. The number of hydrogen-bond donors (Lipinski definition) is 2. The lowest BCUT2D eigenvalue weighted by Gasteiger charge is -2.03. The van der Waals surface area contributed by atoms with Gasteiger partial charge in [0, 0.05) is 20.3 Å². The third-order valence-electron chi connectivity index (χ3n) is 1.56. The molecule has 0 aliphatic rings. The molecule has 0 aromatic rings. The van der Waals surface area contributed by atoms with Crippen LogP contribution >= 0.6 is 11.8 Å². The first-order chi connectivity index (χ1) is 7.16. The second-order valence-electron chi connectivity index (χ2n) is 2.94. The molecule has 0 spiro atoms. The Labute approximate surface area is 93.6 Å². The Bertz CT molecular complexity index is 199. The number of ether oxygens (including phenoxy) is 1. The molecule has 15 heavy (non-hydrogen) atoms. The molecule has 2 N–H and O–H groups in total. The summed E-state index contributed by atoms with van der Waals surface area (Å²) in [7, 11) is 1.64. The summed E-state index contributed by atoms with van der Waals surface area (Å²) in [6, 6.07) is 0. The molecule has 0 aliphatic heterocycles. The molecule has 0 unspecified atom stereocenters. The zero-order chi connectivity index (χ0) is 11.5. The van der Waals surface area contributed by atoms with Crippen molar-refractivity contribution in [1.29, 1.82) is 0 Å². The van der Waals surface area contributed by atoms with Crippen LogP contribution in [0.1, 0.15) is 12.8 Å². The second-order valence-corrected chi connectivity index (χ2v) is 3.92. The van der Waals surface area contributed by atoms with Crippen LogP contribution in [0.15, 0.2) is 0 Å². The van der Waals surface area contributed by atoms with E-state index in [9.17, 15) is 9.59 Å². The van der Waals surface area contributed by atoms with Crippen molar-refractivity contribution in [3.8, 4) is 0 Å². The third kappa shape index (κ3) is 11.2. The van der Waals surface area contributed by atoms with E-state index in [2.05, 4.69) is 5.32 Å². The van der Waals surface area contributed by atoms with Gasteiger partial charge in [-0.05, 0) is 12.8 Å². The number of carboxylic acids is 1. The molecule has 5 nitrogen and oxygen atoms in total. The molecule has 0 fully saturated rings. The summed E-state index contributed by atoms with van der Waals surface area (Å²) < 4.78 is 4.86. The van der Waals surface area contributed by atoms with Crippen LogP contribution in [0.4, 0.5) is 0 Å². The quantitative estimate of drug-likeness (QED) is 0.564. The van der Waals surface area contributed by atoms with Gasteiger partial charge in [-0.1, -0.05) is 0 Å². The summed E-state index contributed by atoms with van der Waals surface area (Å²) in [4.78, 5) is 21.2. The first-order valence-electron chi connectivity index (χ1n) is 4.72. The Hall–Kier alpha value is -0.750. The predicted octanol–water partition coefficient (Wildman–Crippen LogP) is 0.347. The smallest absolute Gasteiger partial charge is 0.313 e. The highest BCUT2D eigenvalue weighted by Crippen LogP contribution is 1.98. The Kier molecular flexibility index (Phi) is 9.30. The van der Waals surface area contributed by atoms with Crippen molar-refractivity contribution in [2.45, 2.75) is 12.8 Å². The Morgan fingerprint density at radius 2 is 2.07 bits per heavy atom. The molecule has 88 valence electrons. The lowest BCUT2D eigenvalue weighted by Crippen LogP contribution is -2.26. The lowest BCUT2D eigenvalue weighted by atomic mass is 10.3. The van der Waals surface area contributed by atoms with E-state index in [0.717, 1.165) is 24.6 Å². The molecule has 1 amide bonds. The van der Waals surface area contributed by atoms with Crippen molar-refractivity contribution >= 4 is 23.6 Å². The van der Waals surface area contributed by atoms with Gasteiger partial charge in [-0.15, -0.1) is 11.8 Å². The summed E-state index contributed by atoms with van der Waals surface area (Å²) in [6.07, 6.45) is 1.79. The minimum Gasteiger partial charge on any atom is -0.481 e. The first kappa shape index (κ1) is 14.2. The van der Waals surface area contributed by atoms with Gasteiger partial charge in [-0.2, -0.15) is 0 Å². The number of thioether (sulfide) groups is 1. The van der Waals surface area contributed by atoms with Gasteiger partial charge in [0.05, 0.1) is 11.5 Å². The Morgan fingerprint density at radius 1 is 1.33 bits per heavy atom. The van der Waals surface area contributed by atoms with Gasteiger partial charge in [0.15, 0.2) is 0 Å². The standard InChI is InChI=1S/C9H17NO4S/c1-14-5-3-2-4-10-8(11)6-15-7-9(12)13/h2-7H2,1H3,(H,10,11)(H,12,13). The molecule has 0 rings (SSSR count). The first-order valence-corrected chi connectivity index (χ1v) is 5.87. The topological polar surface area (TPSA) is 75.6 Å². The number of unbranched alkanes of at least 4 members (excludes halogenated alkanes) is 1. The number of amides is 1. The number of nitrogens with one attached hydrogen (secondary N) is 1. The van der Waals surface area contributed by atoms with Crippen LogP contribution in [0, 0.1) is 0 Å². The van der Waals surface area contributed by atoms with Crippen LogP contribution in [0.3, 0.4) is 0 Å². The molecule has 0 bridgehead atoms. The molecule has 0 aromatic carbocycles. The number of carbonyl (C=O) groups is 2. The van der Waals surface area contributed by atoms with Crippen molar-refractivity contribution in [1.82, 2.24) is 5.32 Å². The maximum atomic E-state index is 11.1. The molecule has 0 aromatic heterocycles. The number of rotatable bonds is 9. The highest BCUT2D eigenvalue weighted by atomic mass is 32.2. The SMILES string of the molecule is COCCCCNC(=O)CSCC(=O)O. The van der Waals surface area contributed by atoms with Crippen LogP contribution in [-0.2, 0) is 14.3 Å². The number of carboxylic acid groups (broad SMARTS) is 1. The van der Waals surface area contributed by atoms with Crippen LogP contribution < -0.4 is 5.32 Å². The summed E-state index contributed by atoms with van der Waals surface area (Å²) in [5.41, 5.74) is 0. The second kappa shape index (κ2) is 9.79. The van der Waals surface area contributed by atoms with Crippen molar-refractivity contribution in [2.75, 3.05) is 31.8 Å². The normalized spacial score (nSPS) is 9.93. The molecule has 0 saturated carbocycles. The average molecular weight is 235 g/mol. The van der Waals surface area contributed by atoms with E-state index in [1.807, 2.05) is 0 Å². The van der Waals surface area contributed by atoms with E-state index < -0.39 is 5.97 Å². The third-order valence-corrected chi connectivity index (χ3v) is 2.47. The lowest BCUT2D eigenvalue weighted by molar-refractivity contribution is -0.133. The van der Waals surface area contributed by atoms with Gasteiger partial charge < -0.3 is 15.2 Å². The van der Waals surface area contributed by atoms with Crippen molar-refractivity contribution in [3.63, 3.8) is 0 Å². The molecule has 6 heteroatoms. The Morgan fingerprint density at radius 3 is 2.67 bits per heavy atom. The zero-order valence-electron chi connectivity index (χ0n) is 8.82. The minimum absolute atomic E-state index is 0.0307. The fraction of sp³-hybridized carbons (Fsp3) is 0.778. The number of aliphatic carboxylic acids is 1. The van der Waals surface area contributed by atoms with Crippen LogP contribution in [0.2, 0.25) is 0 Å². The molecule has 0 atom stereocenters. The monoisotopic (exact) mass is 235 g/mol. The Balaban J connectivity index is 3.22. The van der Waals surface area contributed by atoms with E-state index >= 15 is 0 Å². The summed E-state index contributed by atoms with van der Waals surface area (Å²) in [5.74, 6) is -0.834. The van der Waals surface area contributed by atoms with E-state index in [-0.39, 0.29) is 17.4 Å². The van der Waals surface area contributed by atoms with Crippen LogP contribution in [0.5, 0.6) is 0 Å². The van der Waals surface area contributed by atoms with Gasteiger partial charge in [0.25, 0.3) is 0 Å². The van der Waals surface area contributed by atoms with E-state index in [4.69, 9.17) is 9.84 Å². The van der Waals surface area contributed by atoms with E-state index in [1.165, 1.54) is 0 Å². The molecular weight excluding hydrogens is 218 g/mol. The van der Waals surface area contributed by atoms with E-state index in [1.54, 1.807) is 7.11 Å². The van der Waals surface area contributed by atoms with Gasteiger partial charge in [-0.25, -0.2) is 0 Å². The van der Waals surface area contributed by atoms with Crippen molar-refractivity contribution in [3.05, 3.63) is 0 Å². The van der Waals surface area contributed by atoms with Gasteiger partial charge in [0.1, 0.15) is 0 Å². The molecule has 0 saturated heterocycles. The fourth-order valence-corrected chi connectivity index (χ4v) is 1.45. The van der Waals surface area contributed by atoms with Gasteiger partial charge >= 0.3 is 5.97 Å². The predicted molar refractivity (Wildman–Crippen MR) is 59.1 cm³/mol. The highest BCUT2D eigenvalue weighted by molar-refractivity contribution is 8.00. The number of carbonyl (C=O) groups excluding carboxylic acids is 1. The van der Waals surface area contributed by atoms with E-state index in [0.29, 0.717) is 13.2 Å². The molecule has 0 heterocycles. The zero-order valence-corrected chi connectivity index (χ0v) is 9.64. The van der Waals surface area contributed by atoms with Gasteiger partial charge in [0.2, 0.25) is 5.91 Å². The summed E-state index contributed by atoms with van der Waals surface area (Å²) >= 11 is 1.10. The molecule has 0 aliphatic carbocycles.